The molecule has 2 aliphatic heterocycles. The van der Waals surface area contributed by atoms with Gasteiger partial charge in [0.25, 0.3) is 0 Å². The molecule has 3 unspecified atom stereocenters. The quantitative estimate of drug-likeness (QED) is 0.566. The molecular weight excluding hydrogens is 412 g/mol. The number of Topliss-reactive ketones (excluding diaryl/α,β-unsaturated/α-hetero) is 1. The number of pyridine rings is 1. The number of nitrogens with zero attached hydrogens (tertiary/aromatic N) is 1. The first-order chi connectivity index (χ1) is 15.7. The van der Waals surface area contributed by atoms with Crippen molar-refractivity contribution in [3.63, 3.8) is 0 Å². The molecule has 2 fully saturated rings. The second kappa shape index (κ2) is 9.17. The maximum Gasteiger partial charge on any atom is 0.220 e. The van der Waals surface area contributed by atoms with Gasteiger partial charge < -0.3 is 10.1 Å². The number of hydrogen-bond acceptors (Lipinski definition) is 4. The molecule has 0 saturated carbocycles. The maximum absolute atomic E-state index is 12.7. The molecular formula is C28H38N2O3. The van der Waals surface area contributed by atoms with Crippen molar-refractivity contribution in [2.24, 2.45) is 11.3 Å². The number of epoxide rings is 1. The van der Waals surface area contributed by atoms with E-state index in [0.717, 1.165) is 42.3 Å². The molecule has 3 atom stereocenters. The van der Waals surface area contributed by atoms with E-state index in [0.29, 0.717) is 38.1 Å². The molecule has 0 radical (unpaired) electrons. The van der Waals surface area contributed by atoms with Crippen LogP contribution in [0.25, 0.3) is 10.9 Å². The van der Waals surface area contributed by atoms with Gasteiger partial charge in [0.1, 0.15) is 17.0 Å². The van der Waals surface area contributed by atoms with Crippen molar-refractivity contribution >= 4 is 22.6 Å². The zero-order chi connectivity index (χ0) is 23.7. The van der Waals surface area contributed by atoms with Crippen LogP contribution in [0, 0.1) is 11.3 Å². The van der Waals surface area contributed by atoms with E-state index >= 15 is 0 Å². The van der Waals surface area contributed by atoms with Crippen molar-refractivity contribution in [2.45, 2.75) is 90.3 Å². The van der Waals surface area contributed by atoms with E-state index in [2.05, 4.69) is 37.4 Å². The lowest BCUT2D eigenvalue weighted by atomic mass is 9.79. The van der Waals surface area contributed by atoms with Gasteiger partial charge >= 0.3 is 0 Å². The molecule has 0 aliphatic carbocycles. The molecule has 1 amide bonds. The summed E-state index contributed by atoms with van der Waals surface area (Å²) in [5, 5.41) is 4.19. The molecule has 5 heteroatoms. The number of benzene rings is 1. The van der Waals surface area contributed by atoms with Crippen molar-refractivity contribution in [3.05, 3.63) is 42.1 Å². The molecule has 178 valence electrons. The smallest absolute Gasteiger partial charge is 0.220 e. The fourth-order valence-corrected chi connectivity index (χ4v) is 5.35. The Kier molecular flexibility index (Phi) is 6.63. The largest absolute Gasteiger partial charge is 0.356 e. The molecule has 3 heterocycles. The average Bonchev–Trinajstić information content (AvgIpc) is 3.39. The van der Waals surface area contributed by atoms with E-state index in [-0.39, 0.29) is 17.3 Å². The summed E-state index contributed by atoms with van der Waals surface area (Å²) in [5.74, 6) is 0.768. The maximum atomic E-state index is 12.7. The van der Waals surface area contributed by atoms with Crippen LogP contribution >= 0.6 is 0 Å². The molecule has 2 aromatic rings. The first-order valence-corrected chi connectivity index (χ1v) is 12.5. The summed E-state index contributed by atoms with van der Waals surface area (Å²) >= 11 is 0. The number of hydrogen-bond donors (Lipinski definition) is 1. The van der Waals surface area contributed by atoms with Gasteiger partial charge in [-0.3, -0.25) is 9.59 Å². The van der Waals surface area contributed by atoms with E-state index in [1.807, 2.05) is 32.0 Å². The predicted octanol–water partition coefficient (Wildman–Crippen LogP) is 5.70. The number of rotatable bonds is 1. The number of para-hydroxylation sites is 1. The van der Waals surface area contributed by atoms with Gasteiger partial charge in [-0.05, 0) is 44.2 Å². The minimum atomic E-state index is -0.472. The van der Waals surface area contributed by atoms with Crippen LogP contribution in [0.4, 0.5) is 0 Å². The minimum Gasteiger partial charge on any atom is -0.356 e. The van der Waals surface area contributed by atoms with Crippen LogP contribution in [0.2, 0.25) is 0 Å². The first kappa shape index (κ1) is 23.9. The van der Waals surface area contributed by atoms with Crippen LogP contribution in [-0.4, -0.2) is 28.8 Å². The second-order valence-corrected chi connectivity index (χ2v) is 11.0. The third-order valence-electron chi connectivity index (χ3n) is 7.97. The topological polar surface area (TPSA) is 71.6 Å². The fourth-order valence-electron chi connectivity index (χ4n) is 5.35. The number of fused-ring (bicyclic) bond motifs is 2. The van der Waals surface area contributed by atoms with Crippen molar-refractivity contribution in [1.82, 2.24) is 10.3 Å². The second-order valence-electron chi connectivity index (χ2n) is 11.0. The highest BCUT2D eigenvalue weighted by atomic mass is 16.6. The zero-order valence-corrected chi connectivity index (χ0v) is 20.6. The van der Waals surface area contributed by atoms with E-state index < -0.39 is 11.0 Å². The number of ketones is 1. The number of ether oxygens (including phenoxy) is 1. The summed E-state index contributed by atoms with van der Waals surface area (Å²) in [6, 6.07) is 12.4. The number of carbonyl (C=O) groups is 2. The normalized spacial score (nSPS) is 31.6. The van der Waals surface area contributed by atoms with Gasteiger partial charge in [-0.2, -0.15) is 0 Å². The Balaban J connectivity index is 1.55. The standard InChI is InChI=1S/C28H38N2O3/c1-20-8-7-16-27(4)28(33-27,23-13-12-21-9-5-6-10-22(21)30-23)18-19-29-25(32)15-17-26(2,3)24(31)14-11-20/h5-6,9-10,12-13,20H,7-8,11,14-19H2,1-4H3,(H,29,32). The third kappa shape index (κ3) is 4.98. The van der Waals surface area contributed by atoms with Gasteiger partial charge in [0.2, 0.25) is 5.91 Å². The SMILES string of the molecule is CC1CCCC2(C)OC2(c2ccc3ccccc3n2)CCNC(=O)CCC(C)(C)C(=O)CC1. The Morgan fingerprint density at radius 1 is 0.970 bits per heavy atom. The van der Waals surface area contributed by atoms with Crippen LogP contribution in [0.5, 0.6) is 0 Å². The molecule has 2 saturated heterocycles. The lowest BCUT2D eigenvalue weighted by molar-refractivity contribution is -0.128. The summed E-state index contributed by atoms with van der Waals surface area (Å²) < 4.78 is 6.51. The first-order valence-electron chi connectivity index (χ1n) is 12.5. The van der Waals surface area contributed by atoms with Crippen molar-refractivity contribution in [2.75, 3.05) is 6.54 Å². The number of nitrogens with one attached hydrogen (secondary N) is 1. The van der Waals surface area contributed by atoms with Crippen LogP contribution in [0.1, 0.15) is 84.8 Å². The molecule has 0 spiro atoms. The Hall–Kier alpha value is -2.27. The monoisotopic (exact) mass is 450 g/mol. The lowest BCUT2D eigenvalue weighted by Gasteiger charge is -2.24. The minimum absolute atomic E-state index is 0.000288. The third-order valence-corrected chi connectivity index (χ3v) is 7.97. The van der Waals surface area contributed by atoms with Gasteiger partial charge in [0.05, 0.1) is 11.2 Å². The van der Waals surface area contributed by atoms with E-state index in [1.54, 1.807) is 0 Å². The molecule has 5 nitrogen and oxygen atoms in total. The average molecular weight is 451 g/mol. The Labute approximate surface area is 197 Å². The fraction of sp³-hybridized carbons (Fsp3) is 0.607. The van der Waals surface area contributed by atoms with Crippen LogP contribution < -0.4 is 5.32 Å². The van der Waals surface area contributed by atoms with Gasteiger partial charge in [0.15, 0.2) is 0 Å². The number of aromatic nitrogens is 1. The van der Waals surface area contributed by atoms with Crippen LogP contribution in [0.3, 0.4) is 0 Å². The van der Waals surface area contributed by atoms with Gasteiger partial charge in [-0.15, -0.1) is 0 Å². The molecule has 1 aromatic heterocycles. The van der Waals surface area contributed by atoms with E-state index in [4.69, 9.17) is 9.72 Å². The molecule has 2 aliphatic rings. The Bertz CT molecular complexity index is 1030. The molecule has 33 heavy (non-hydrogen) atoms. The Morgan fingerprint density at radius 2 is 1.76 bits per heavy atom. The lowest BCUT2D eigenvalue weighted by Crippen LogP contribution is -2.33. The predicted molar refractivity (Wildman–Crippen MR) is 131 cm³/mol. The number of carbonyl (C=O) groups excluding carboxylic acids is 2. The zero-order valence-electron chi connectivity index (χ0n) is 20.6. The summed E-state index contributed by atoms with van der Waals surface area (Å²) in [4.78, 5) is 30.3. The number of amides is 1. The highest BCUT2D eigenvalue weighted by molar-refractivity contribution is 5.85. The summed E-state index contributed by atoms with van der Waals surface area (Å²) in [6.45, 7) is 8.91. The van der Waals surface area contributed by atoms with Crippen LogP contribution in [-0.2, 0) is 19.9 Å². The highest BCUT2D eigenvalue weighted by Gasteiger charge is 2.67. The molecule has 4 rings (SSSR count). The van der Waals surface area contributed by atoms with Crippen molar-refractivity contribution < 1.29 is 14.3 Å². The van der Waals surface area contributed by atoms with Gasteiger partial charge in [-0.25, -0.2) is 4.98 Å². The molecule has 1 aromatic carbocycles. The summed E-state index contributed by atoms with van der Waals surface area (Å²) in [5.41, 5.74) is 0.710. The Morgan fingerprint density at radius 3 is 2.58 bits per heavy atom. The van der Waals surface area contributed by atoms with Crippen molar-refractivity contribution in [3.8, 4) is 0 Å². The molecule has 0 bridgehead atoms. The van der Waals surface area contributed by atoms with Gasteiger partial charge in [-0.1, -0.05) is 57.9 Å². The van der Waals surface area contributed by atoms with E-state index in [1.165, 1.54) is 0 Å². The van der Waals surface area contributed by atoms with Crippen LogP contribution in [0.15, 0.2) is 36.4 Å². The highest BCUT2D eigenvalue weighted by Crippen LogP contribution is 2.60. The van der Waals surface area contributed by atoms with Gasteiger partial charge in [0, 0.05) is 36.6 Å². The van der Waals surface area contributed by atoms with E-state index in [9.17, 15) is 9.59 Å². The molecule has 1 N–H and O–H groups in total. The van der Waals surface area contributed by atoms with Crippen molar-refractivity contribution in [1.29, 1.82) is 0 Å². The summed E-state index contributed by atoms with van der Waals surface area (Å²) in [6.07, 6.45) is 6.22. The summed E-state index contributed by atoms with van der Waals surface area (Å²) in [7, 11) is 0.